The minimum absolute atomic E-state index is 0.0186. The monoisotopic (exact) mass is 304 g/mol. The smallest absolute Gasteiger partial charge is 0.222 e. The number of ether oxygens (including phenoxy) is 1. The summed E-state index contributed by atoms with van der Waals surface area (Å²) in [6, 6.07) is 2.06. The first-order chi connectivity index (χ1) is 10.6. The van der Waals surface area contributed by atoms with Gasteiger partial charge in [0.05, 0.1) is 24.0 Å². The first kappa shape index (κ1) is 14.2. The van der Waals surface area contributed by atoms with E-state index in [1.807, 2.05) is 0 Å². The van der Waals surface area contributed by atoms with Crippen LogP contribution in [0.3, 0.4) is 0 Å². The summed E-state index contributed by atoms with van der Waals surface area (Å²) in [5, 5.41) is 9.50. The van der Waals surface area contributed by atoms with Gasteiger partial charge in [0.1, 0.15) is 5.82 Å². The highest BCUT2D eigenvalue weighted by Crippen LogP contribution is 2.39. The number of aliphatic hydroxyl groups excluding tert-OH is 1. The van der Waals surface area contributed by atoms with Crippen LogP contribution < -0.4 is 10.6 Å². The third-order valence-electron chi connectivity index (χ3n) is 5.37. The van der Waals surface area contributed by atoms with E-state index in [1.165, 1.54) is 12.8 Å². The zero-order valence-corrected chi connectivity index (χ0v) is 12.9. The maximum atomic E-state index is 9.50. The minimum Gasteiger partial charge on any atom is -0.393 e. The SMILES string of the molecule is Nc1nc(C2CC(O)C2)cc(N2CCOC3(CCCC3)C2)n1. The largest absolute Gasteiger partial charge is 0.393 e. The van der Waals surface area contributed by atoms with Crippen LogP contribution in [0.5, 0.6) is 0 Å². The summed E-state index contributed by atoms with van der Waals surface area (Å²) >= 11 is 0. The molecule has 22 heavy (non-hydrogen) atoms. The molecule has 6 nitrogen and oxygen atoms in total. The molecular formula is C16H24N4O2. The maximum absolute atomic E-state index is 9.50. The number of rotatable bonds is 2. The van der Waals surface area contributed by atoms with Crippen molar-refractivity contribution < 1.29 is 9.84 Å². The summed E-state index contributed by atoms with van der Waals surface area (Å²) in [5.74, 6) is 1.57. The minimum atomic E-state index is -0.185. The van der Waals surface area contributed by atoms with Gasteiger partial charge >= 0.3 is 0 Å². The lowest BCUT2D eigenvalue weighted by atomic mass is 9.80. The summed E-state index contributed by atoms with van der Waals surface area (Å²) < 4.78 is 6.08. The van der Waals surface area contributed by atoms with Gasteiger partial charge in [-0.3, -0.25) is 0 Å². The van der Waals surface area contributed by atoms with E-state index < -0.39 is 0 Å². The van der Waals surface area contributed by atoms with E-state index in [1.54, 1.807) is 0 Å². The fourth-order valence-corrected chi connectivity index (χ4v) is 4.03. The van der Waals surface area contributed by atoms with Crippen LogP contribution in [0, 0.1) is 0 Å². The van der Waals surface area contributed by atoms with E-state index in [-0.39, 0.29) is 11.7 Å². The van der Waals surface area contributed by atoms with Crippen molar-refractivity contribution in [2.24, 2.45) is 0 Å². The predicted octanol–water partition coefficient (Wildman–Crippen LogP) is 1.45. The molecular weight excluding hydrogens is 280 g/mol. The van der Waals surface area contributed by atoms with E-state index in [4.69, 9.17) is 10.5 Å². The Balaban J connectivity index is 1.56. The van der Waals surface area contributed by atoms with Crippen LogP contribution in [0.15, 0.2) is 6.07 Å². The molecule has 0 unspecified atom stereocenters. The quantitative estimate of drug-likeness (QED) is 0.860. The molecule has 0 amide bonds. The number of anilines is 2. The highest BCUT2D eigenvalue weighted by Gasteiger charge is 2.40. The standard InChI is InChI=1S/C16H24N4O2/c17-15-18-13(11-7-12(21)8-11)9-14(19-15)20-5-6-22-16(10-20)3-1-2-4-16/h9,11-12,21H,1-8,10H2,(H2,17,18,19). The molecule has 3 fully saturated rings. The zero-order valence-electron chi connectivity index (χ0n) is 12.9. The van der Waals surface area contributed by atoms with Crippen LogP contribution in [-0.2, 0) is 4.74 Å². The van der Waals surface area contributed by atoms with E-state index in [9.17, 15) is 5.11 Å². The summed E-state index contributed by atoms with van der Waals surface area (Å²) in [4.78, 5) is 11.1. The molecule has 1 spiro atoms. The van der Waals surface area contributed by atoms with Crippen LogP contribution in [-0.4, -0.2) is 46.5 Å². The molecule has 1 aromatic heterocycles. The number of nitrogens with zero attached hydrogens (tertiary/aromatic N) is 3. The summed E-state index contributed by atoms with van der Waals surface area (Å²) in [7, 11) is 0. The van der Waals surface area contributed by atoms with Crippen LogP contribution in [0.1, 0.15) is 50.1 Å². The molecule has 4 rings (SSSR count). The first-order valence-electron chi connectivity index (χ1n) is 8.35. The van der Waals surface area contributed by atoms with Crippen LogP contribution in [0.2, 0.25) is 0 Å². The molecule has 6 heteroatoms. The fraction of sp³-hybridized carbons (Fsp3) is 0.750. The number of nitrogen functional groups attached to an aromatic ring is 1. The number of hydrogen-bond donors (Lipinski definition) is 2. The lowest BCUT2D eigenvalue weighted by Crippen LogP contribution is -2.50. The third-order valence-corrected chi connectivity index (χ3v) is 5.37. The number of aliphatic hydroxyl groups is 1. The van der Waals surface area contributed by atoms with Crippen molar-refractivity contribution in [1.29, 1.82) is 0 Å². The van der Waals surface area contributed by atoms with Gasteiger partial charge in [0, 0.05) is 25.1 Å². The molecule has 2 saturated carbocycles. The van der Waals surface area contributed by atoms with E-state index in [0.717, 1.165) is 56.9 Å². The average molecular weight is 304 g/mol. The van der Waals surface area contributed by atoms with Crippen LogP contribution in [0.25, 0.3) is 0 Å². The Morgan fingerprint density at radius 2 is 2.05 bits per heavy atom. The Kier molecular flexibility index (Phi) is 3.46. The molecule has 120 valence electrons. The molecule has 3 N–H and O–H groups in total. The topological polar surface area (TPSA) is 84.5 Å². The molecule has 1 aliphatic heterocycles. The number of morpholine rings is 1. The Morgan fingerprint density at radius 3 is 2.77 bits per heavy atom. The average Bonchev–Trinajstić information content (AvgIpc) is 2.91. The molecule has 2 heterocycles. The Bertz CT molecular complexity index is 553. The number of hydrogen-bond acceptors (Lipinski definition) is 6. The van der Waals surface area contributed by atoms with E-state index in [2.05, 4.69) is 20.9 Å². The van der Waals surface area contributed by atoms with Crippen molar-refractivity contribution in [1.82, 2.24) is 9.97 Å². The predicted molar refractivity (Wildman–Crippen MR) is 83.8 cm³/mol. The molecule has 1 aromatic rings. The van der Waals surface area contributed by atoms with Crippen molar-refractivity contribution in [2.75, 3.05) is 30.3 Å². The van der Waals surface area contributed by atoms with Gasteiger partial charge in [0.25, 0.3) is 0 Å². The second kappa shape index (κ2) is 5.35. The van der Waals surface area contributed by atoms with Gasteiger partial charge in [-0.25, -0.2) is 4.98 Å². The first-order valence-corrected chi connectivity index (χ1v) is 8.35. The van der Waals surface area contributed by atoms with Gasteiger partial charge in [-0.1, -0.05) is 12.8 Å². The lowest BCUT2D eigenvalue weighted by Gasteiger charge is -2.41. The fourth-order valence-electron chi connectivity index (χ4n) is 4.03. The summed E-state index contributed by atoms with van der Waals surface area (Å²) in [6.45, 7) is 2.50. The van der Waals surface area contributed by atoms with Gasteiger partial charge in [-0.15, -0.1) is 0 Å². The molecule has 1 saturated heterocycles. The van der Waals surface area contributed by atoms with Gasteiger partial charge < -0.3 is 20.5 Å². The van der Waals surface area contributed by atoms with Gasteiger partial charge in [0.2, 0.25) is 5.95 Å². The zero-order chi connectivity index (χ0) is 15.2. The van der Waals surface area contributed by atoms with Crippen molar-refractivity contribution in [2.45, 2.75) is 56.1 Å². The van der Waals surface area contributed by atoms with Crippen molar-refractivity contribution in [3.05, 3.63) is 11.8 Å². The van der Waals surface area contributed by atoms with Gasteiger partial charge in [0.15, 0.2) is 0 Å². The molecule has 0 aromatic carbocycles. The number of nitrogens with two attached hydrogens (primary N) is 1. The Morgan fingerprint density at radius 1 is 1.27 bits per heavy atom. The van der Waals surface area contributed by atoms with Gasteiger partial charge in [-0.05, 0) is 25.7 Å². The molecule has 3 aliphatic rings. The van der Waals surface area contributed by atoms with E-state index in [0.29, 0.717) is 11.9 Å². The van der Waals surface area contributed by atoms with Gasteiger partial charge in [-0.2, -0.15) is 4.98 Å². The van der Waals surface area contributed by atoms with Crippen molar-refractivity contribution >= 4 is 11.8 Å². The second-order valence-corrected chi connectivity index (χ2v) is 6.99. The van der Waals surface area contributed by atoms with Crippen molar-refractivity contribution in [3.8, 4) is 0 Å². The highest BCUT2D eigenvalue weighted by atomic mass is 16.5. The molecule has 0 atom stereocenters. The van der Waals surface area contributed by atoms with Crippen LogP contribution >= 0.6 is 0 Å². The molecule has 0 radical (unpaired) electrons. The second-order valence-electron chi connectivity index (χ2n) is 6.99. The Labute approximate surface area is 130 Å². The maximum Gasteiger partial charge on any atom is 0.222 e. The lowest BCUT2D eigenvalue weighted by molar-refractivity contribution is -0.0503. The summed E-state index contributed by atoms with van der Waals surface area (Å²) in [5.41, 5.74) is 6.91. The Hall–Kier alpha value is -1.40. The van der Waals surface area contributed by atoms with Crippen molar-refractivity contribution in [3.63, 3.8) is 0 Å². The van der Waals surface area contributed by atoms with E-state index >= 15 is 0 Å². The normalized spacial score (nSPS) is 30.5. The molecule has 2 aliphatic carbocycles. The molecule has 0 bridgehead atoms. The third kappa shape index (κ3) is 2.54. The van der Waals surface area contributed by atoms with Crippen LogP contribution in [0.4, 0.5) is 11.8 Å². The summed E-state index contributed by atoms with van der Waals surface area (Å²) in [6.07, 6.45) is 6.18. The highest BCUT2D eigenvalue weighted by molar-refractivity contribution is 5.45. The number of aromatic nitrogens is 2.